The Bertz CT molecular complexity index is 1050. The predicted octanol–water partition coefficient (Wildman–Crippen LogP) is 4.51. The highest BCUT2D eigenvalue weighted by atomic mass is 16.3. The molecule has 3 amide bonds. The van der Waals surface area contributed by atoms with E-state index in [0.29, 0.717) is 23.5 Å². The fourth-order valence-corrected chi connectivity index (χ4v) is 4.32. The molecule has 0 saturated heterocycles. The van der Waals surface area contributed by atoms with Crippen molar-refractivity contribution >= 4 is 23.3 Å². The molecule has 6 heteroatoms. The Hall–Kier alpha value is -3.12. The van der Waals surface area contributed by atoms with Crippen molar-refractivity contribution in [2.75, 3.05) is 16.8 Å². The second kappa shape index (κ2) is 8.55. The van der Waals surface area contributed by atoms with Crippen molar-refractivity contribution in [1.29, 1.82) is 0 Å². The van der Waals surface area contributed by atoms with Gasteiger partial charge in [0.2, 0.25) is 0 Å². The van der Waals surface area contributed by atoms with Crippen LogP contribution in [0.25, 0.3) is 0 Å². The minimum atomic E-state index is -2.15. The Balaban J connectivity index is 1.68. The van der Waals surface area contributed by atoms with Crippen molar-refractivity contribution in [2.45, 2.75) is 51.7 Å². The van der Waals surface area contributed by atoms with Crippen LogP contribution in [0.15, 0.2) is 54.1 Å². The predicted molar refractivity (Wildman–Crippen MR) is 122 cm³/mol. The number of urea groups is 1. The second-order valence-corrected chi connectivity index (χ2v) is 8.37. The topological polar surface area (TPSA) is 81.7 Å². The molecule has 0 spiro atoms. The minimum Gasteiger partial charge on any atom is -0.359 e. The second-order valence-electron chi connectivity index (χ2n) is 8.37. The molecular formula is C25H29N3O3. The lowest BCUT2D eigenvalue weighted by Gasteiger charge is -2.42. The average Bonchev–Trinajstić information content (AvgIpc) is 2.77. The molecule has 4 rings (SSSR count). The molecule has 2 aliphatic rings. The van der Waals surface area contributed by atoms with Gasteiger partial charge in [-0.1, -0.05) is 35.9 Å². The average molecular weight is 420 g/mol. The highest BCUT2D eigenvalue weighted by Gasteiger charge is 2.51. The summed E-state index contributed by atoms with van der Waals surface area (Å²) in [6, 6.07) is 11.8. The van der Waals surface area contributed by atoms with Crippen LogP contribution in [0.2, 0.25) is 0 Å². The van der Waals surface area contributed by atoms with Gasteiger partial charge in [-0.3, -0.25) is 9.69 Å². The molecule has 0 unspecified atom stereocenters. The maximum atomic E-state index is 13.4. The number of allylic oxidation sites excluding steroid dienone is 1. The van der Waals surface area contributed by atoms with Gasteiger partial charge in [0.25, 0.3) is 11.6 Å². The van der Waals surface area contributed by atoms with Gasteiger partial charge in [0.1, 0.15) is 0 Å². The minimum absolute atomic E-state index is 0.349. The largest absolute Gasteiger partial charge is 0.359 e. The summed E-state index contributed by atoms with van der Waals surface area (Å²) in [6.45, 7) is 4.33. The molecule has 2 aromatic rings. The van der Waals surface area contributed by atoms with Crippen LogP contribution in [-0.4, -0.2) is 23.6 Å². The number of hydrogen-bond donors (Lipinski definition) is 3. The lowest BCUT2D eigenvalue weighted by Crippen LogP contribution is -2.62. The van der Waals surface area contributed by atoms with E-state index in [1.165, 1.54) is 18.4 Å². The first-order chi connectivity index (χ1) is 14.9. The van der Waals surface area contributed by atoms with Crippen molar-refractivity contribution in [3.05, 3.63) is 70.8 Å². The molecule has 2 aromatic carbocycles. The number of hydrogen-bond acceptors (Lipinski definition) is 3. The quantitative estimate of drug-likeness (QED) is 0.624. The Morgan fingerprint density at radius 3 is 2.71 bits per heavy atom. The fraction of sp³-hybridized carbons (Fsp3) is 0.360. The molecule has 0 radical (unpaired) electrons. The number of para-hydroxylation sites is 1. The van der Waals surface area contributed by atoms with Gasteiger partial charge >= 0.3 is 6.03 Å². The van der Waals surface area contributed by atoms with Gasteiger partial charge < -0.3 is 15.7 Å². The number of nitrogens with one attached hydrogen (secondary N) is 2. The molecule has 1 aliphatic heterocycles. The number of aryl methyl sites for hydroxylation is 2. The van der Waals surface area contributed by atoms with Crippen molar-refractivity contribution in [3.63, 3.8) is 0 Å². The van der Waals surface area contributed by atoms with Crippen LogP contribution >= 0.6 is 0 Å². The number of carbonyl (C=O) groups excluding carboxylic acids is 2. The van der Waals surface area contributed by atoms with Crippen LogP contribution in [-0.2, 0) is 10.5 Å². The van der Waals surface area contributed by atoms with Crippen LogP contribution in [0.5, 0.6) is 0 Å². The first kappa shape index (κ1) is 21.1. The number of benzene rings is 2. The standard InChI is InChI=1S/C25H29N3O3/c1-17-12-13-20(16-18(17)2)28-24(30)27-22-11-7-6-10-21(22)25(28,31)23(29)26-15-14-19-8-4-3-5-9-19/h6-8,10-13,16,31H,3-5,9,14-15H2,1-2H3,(H,26,29)(H,27,30)/t25-/m1/s1. The molecule has 31 heavy (non-hydrogen) atoms. The molecule has 0 bridgehead atoms. The van der Waals surface area contributed by atoms with E-state index >= 15 is 0 Å². The fourth-order valence-electron chi connectivity index (χ4n) is 4.32. The third-order valence-electron chi connectivity index (χ3n) is 6.25. The Kier molecular flexibility index (Phi) is 5.83. The summed E-state index contributed by atoms with van der Waals surface area (Å²) in [6.07, 6.45) is 7.53. The maximum absolute atomic E-state index is 13.4. The van der Waals surface area contributed by atoms with E-state index in [1.807, 2.05) is 26.0 Å². The van der Waals surface area contributed by atoms with Crippen LogP contribution in [0.4, 0.5) is 16.2 Å². The number of nitrogens with zero attached hydrogens (tertiary/aromatic N) is 1. The number of carbonyl (C=O) groups is 2. The van der Waals surface area contributed by atoms with E-state index in [9.17, 15) is 14.7 Å². The van der Waals surface area contributed by atoms with Gasteiger partial charge in [-0.25, -0.2) is 4.79 Å². The van der Waals surface area contributed by atoms with Gasteiger partial charge in [0, 0.05) is 17.8 Å². The van der Waals surface area contributed by atoms with E-state index in [4.69, 9.17) is 0 Å². The van der Waals surface area contributed by atoms with Gasteiger partial charge in [0.15, 0.2) is 0 Å². The first-order valence-electron chi connectivity index (χ1n) is 10.9. The summed E-state index contributed by atoms with van der Waals surface area (Å²) in [5, 5.41) is 17.5. The van der Waals surface area contributed by atoms with Crippen molar-refractivity contribution in [3.8, 4) is 0 Å². The molecule has 0 saturated carbocycles. The van der Waals surface area contributed by atoms with Crippen LogP contribution in [0, 0.1) is 13.8 Å². The number of fused-ring (bicyclic) bond motifs is 1. The SMILES string of the molecule is Cc1ccc(N2C(=O)Nc3ccccc3[C@@]2(O)C(=O)NCCC2=CCCCC2)cc1C. The number of rotatable bonds is 5. The zero-order chi connectivity index (χ0) is 22.0. The van der Waals surface area contributed by atoms with E-state index in [2.05, 4.69) is 16.7 Å². The lowest BCUT2D eigenvalue weighted by molar-refractivity contribution is -0.140. The molecule has 1 atom stereocenters. The molecule has 1 aliphatic carbocycles. The summed E-state index contributed by atoms with van der Waals surface area (Å²) in [4.78, 5) is 27.6. The molecule has 162 valence electrons. The highest BCUT2D eigenvalue weighted by Crippen LogP contribution is 2.40. The summed E-state index contributed by atoms with van der Waals surface area (Å²) >= 11 is 0. The van der Waals surface area contributed by atoms with Crippen LogP contribution < -0.4 is 15.5 Å². The van der Waals surface area contributed by atoms with Crippen molar-refractivity contribution in [1.82, 2.24) is 5.32 Å². The van der Waals surface area contributed by atoms with Gasteiger partial charge in [0.05, 0.1) is 5.69 Å². The number of anilines is 2. The first-order valence-corrected chi connectivity index (χ1v) is 10.9. The molecular weight excluding hydrogens is 390 g/mol. The number of amides is 3. The molecule has 0 aromatic heterocycles. The molecule has 3 N–H and O–H groups in total. The van der Waals surface area contributed by atoms with Crippen LogP contribution in [0.1, 0.15) is 48.8 Å². The molecule has 0 fully saturated rings. The molecule has 6 nitrogen and oxygen atoms in total. The maximum Gasteiger partial charge on any atom is 0.329 e. The van der Waals surface area contributed by atoms with E-state index in [-0.39, 0.29) is 0 Å². The third-order valence-corrected chi connectivity index (χ3v) is 6.25. The summed E-state index contributed by atoms with van der Waals surface area (Å²) < 4.78 is 0. The van der Waals surface area contributed by atoms with Gasteiger partial charge in [-0.15, -0.1) is 0 Å². The van der Waals surface area contributed by atoms with Gasteiger partial charge in [-0.05, 0) is 75.3 Å². The van der Waals surface area contributed by atoms with Crippen molar-refractivity contribution < 1.29 is 14.7 Å². The summed E-state index contributed by atoms with van der Waals surface area (Å²) in [5.41, 5.74) is 2.46. The highest BCUT2D eigenvalue weighted by molar-refractivity contribution is 6.11. The zero-order valence-electron chi connectivity index (χ0n) is 18.1. The van der Waals surface area contributed by atoms with Crippen molar-refractivity contribution in [2.24, 2.45) is 0 Å². The zero-order valence-corrected chi connectivity index (χ0v) is 18.1. The third kappa shape index (κ3) is 3.95. The summed E-state index contributed by atoms with van der Waals surface area (Å²) in [5.74, 6) is -0.607. The molecule has 1 heterocycles. The van der Waals surface area contributed by atoms with Crippen LogP contribution in [0.3, 0.4) is 0 Å². The Morgan fingerprint density at radius 2 is 1.97 bits per heavy atom. The van der Waals surface area contributed by atoms with E-state index < -0.39 is 17.7 Å². The Labute approximate surface area is 183 Å². The van der Waals surface area contributed by atoms with E-state index in [0.717, 1.165) is 35.3 Å². The Morgan fingerprint density at radius 1 is 1.16 bits per heavy atom. The monoisotopic (exact) mass is 419 g/mol. The lowest BCUT2D eigenvalue weighted by atomic mass is 9.94. The summed E-state index contributed by atoms with van der Waals surface area (Å²) in [7, 11) is 0. The smallest absolute Gasteiger partial charge is 0.329 e. The number of aliphatic hydroxyl groups is 1. The van der Waals surface area contributed by atoms with Gasteiger partial charge in [-0.2, -0.15) is 0 Å². The normalized spacial score (nSPS) is 20.5. The van der Waals surface area contributed by atoms with E-state index in [1.54, 1.807) is 30.3 Å².